The van der Waals surface area contributed by atoms with Gasteiger partial charge in [0.2, 0.25) is 11.8 Å². The average Bonchev–Trinajstić information content (AvgIpc) is 3.28. The van der Waals surface area contributed by atoms with Crippen LogP contribution in [0.1, 0.15) is 21.8 Å². The second-order valence-corrected chi connectivity index (χ2v) is 7.84. The molecule has 0 bridgehead atoms. The van der Waals surface area contributed by atoms with E-state index in [9.17, 15) is 22.8 Å². The minimum Gasteiger partial charge on any atom is -0.486 e. The molecule has 13 heteroatoms. The number of alkyl halides is 3. The van der Waals surface area contributed by atoms with Crippen LogP contribution in [0.4, 0.5) is 18.9 Å². The first-order valence-electron chi connectivity index (χ1n) is 9.88. The van der Waals surface area contributed by atoms with Crippen molar-refractivity contribution in [2.45, 2.75) is 17.9 Å². The molecule has 1 aliphatic heterocycles. The van der Waals surface area contributed by atoms with Gasteiger partial charge in [0.1, 0.15) is 13.2 Å². The second kappa shape index (κ2) is 10.0. The Morgan fingerprint density at radius 2 is 1.82 bits per heavy atom. The molecule has 1 aromatic heterocycles. The van der Waals surface area contributed by atoms with Crippen molar-refractivity contribution < 1.29 is 36.7 Å². The van der Waals surface area contributed by atoms with Gasteiger partial charge in [-0.2, -0.15) is 13.2 Å². The zero-order valence-corrected chi connectivity index (χ0v) is 18.2. The summed E-state index contributed by atoms with van der Waals surface area (Å²) in [5, 5.41) is 12.8. The number of fused-ring (bicyclic) bond motifs is 1. The molecule has 0 unspecified atom stereocenters. The molecule has 0 radical (unpaired) electrons. The van der Waals surface area contributed by atoms with E-state index in [2.05, 4.69) is 20.8 Å². The Morgan fingerprint density at radius 1 is 1.03 bits per heavy atom. The first-order chi connectivity index (χ1) is 16.3. The van der Waals surface area contributed by atoms with Crippen LogP contribution in [-0.4, -0.2) is 41.0 Å². The molecular formula is C21H17F3N4O5S. The summed E-state index contributed by atoms with van der Waals surface area (Å²) in [5.74, 6) is 0.126. The predicted molar refractivity (Wildman–Crippen MR) is 114 cm³/mol. The van der Waals surface area contributed by atoms with Crippen molar-refractivity contribution in [1.82, 2.24) is 15.5 Å². The number of ether oxygens (including phenoxy) is 2. The lowest BCUT2D eigenvalue weighted by Gasteiger charge is -2.18. The number of amides is 2. The quantitative estimate of drug-likeness (QED) is 0.480. The van der Waals surface area contributed by atoms with Crippen molar-refractivity contribution in [3.05, 3.63) is 59.5 Å². The number of carbonyl (C=O) groups is 2. The zero-order valence-electron chi connectivity index (χ0n) is 17.3. The first kappa shape index (κ1) is 23.4. The summed E-state index contributed by atoms with van der Waals surface area (Å²) in [6.45, 7) is 0.711. The minimum atomic E-state index is -4.55. The van der Waals surface area contributed by atoms with Crippen LogP contribution in [0.15, 0.2) is 52.1 Å². The molecule has 0 aliphatic carbocycles. The Bertz CT molecular complexity index is 1200. The molecule has 9 nitrogen and oxygen atoms in total. The molecule has 0 saturated carbocycles. The maximum atomic E-state index is 12.8. The SMILES string of the molecule is O=C(CSc1nnc(CNC(=O)c2cccc(C(F)(F)F)c2)o1)Nc1ccc2c(c1)OCCO2. The van der Waals surface area contributed by atoms with E-state index in [0.29, 0.717) is 30.4 Å². The fraction of sp³-hybridized carbons (Fsp3) is 0.238. The molecule has 0 atom stereocenters. The van der Waals surface area contributed by atoms with Gasteiger partial charge < -0.3 is 24.5 Å². The Balaban J connectivity index is 1.25. The summed E-state index contributed by atoms with van der Waals surface area (Å²) in [4.78, 5) is 24.3. The largest absolute Gasteiger partial charge is 0.486 e. The highest BCUT2D eigenvalue weighted by molar-refractivity contribution is 7.99. The molecule has 2 amide bonds. The maximum Gasteiger partial charge on any atom is 0.416 e. The molecule has 0 spiro atoms. The third kappa shape index (κ3) is 5.98. The van der Waals surface area contributed by atoms with Crippen molar-refractivity contribution in [3.8, 4) is 11.5 Å². The summed E-state index contributed by atoms with van der Waals surface area (Å²) < 4.78 is 54.6. The molecule has 3 aromatic rings. The number of carbonyl (C=O) groups excluding carboxylic acids is 2. The lowest BCUT2D eigenvalue weighted by molar-refractivity contribution is -0.137. The van der Waals surface area contributed by atoms with E-state index in [4.69, 9.17) is 13.9 Å². The number of thioether (sulfide) groups is 1. The Labute approximate surface area is 195 Å². The topological polar surface area (TPSA) is 116 Å². The van der Waals surface area contributed by atoms with Crippen molar-refractivity contribution >= 4 is 29.3 Å². The fourth-order valence-corrected chi connectivity index (χ4v) is 3.49. The number of nitrogens with one attached hydrogen (secondary N) is 2. The molecule has 0 fully saturated rings. The Morgan fingerprint density at radius 3 is 2.62 bits per heavy atom. The molecule has 34 heavy (non-hydrogen) atoms. The summed E-state index contributed by atoms with van der Waals surface area (Å²) in [6.07, 6.45) is -4.55. The smallest absolute Gasteiger partial charge is 0.416 e. The van der Waals surface area contributed by atoms with E-state index in [1.807, 2.05) is 0 Å². The molecule has 2 N–H and O–H groups in total. The highest BCUT2D eigenvalue weighted by Crippen LogP contribution is 2.33. The summed E-state index contributed by atoms with van der Waals surface area (Å²) in [7, 11) is 0. The van der Waals surface area contributed by atoms with Crippen LogP contribution in [-0.2, 0) is 17.5 Å². The maximum absolute atomic E-state index is 12.8. The van der Waals surface area contributed by atoms with E-state index < -0.39 is 17.6 Å². The standard InChI is InChI=1S/C21H17F3N4O5S/c22-21(23,24)13-3-1-2-12(8-13)19(30)25-10-18-27-28-20(33-18)34-11-17(29)26-14-4-5-15-16(9-14)32-7-6-31-15/h1-5,8-9H,6-7,10-11H2,(H,25,30)(H,26,29). The lowest BCUT2D eigenvalue weighted by Crippen LogP contribution is -2.23. The van der Waals surface area contributed by atoms with Crippen molar-refractivity contribution in [1.29, 1.82) is 0 Å². The summed E-state index contributed by atoms with van der Waals surface area (Å²) in [5.41, 5.74) is -0.538. The van der Waals surface area contributed by atoms with Crippen LogP contribution in [0.25, 0.3) is 0 Å². The normalized spacial score (nSPS) is 12.8. The van der Waals surface area contributed by atoms with E-state index in [-0.39, 0.29) is 34.9 Å². The van der Waals surface area contributed by atoms with Gasteiger partial charge in [-0.05, 0) is 30.3 Å². The summed E-state index contributed by atoms with van der Waals surface area (Å²) >= 11 is 0.987. The van der Waals surface area contributed by atoms with Gasteiger partial charge in [-0.25, -0.2) is 0 Å². The number of halogens is 3. The third-order valence-corrected chi connectivity index (χ3v) is 5.27. The van der Waals surface area contributed by atoms with Crippen LogP contribution in [0.2, 0.25) is 0 Å². The van der Waals surface area contributed by atoms with E-state index in [1.165, 1.54) is 6.07 Å². The molecule has 178 valence electrons. The Kier molecular flexibility index (Phi) is 6.91. The molecular weight excluding hydrogens is 477 g/mol. The fourth-order valence-electron chi connectivity index (χ4n) is 2.91. The number of benzene rings is 2. The minimum absolute atomic E-state index is 0.0212. The third-order valence-electron chi connectivity index (χ3n) is 4.45. The van der Waals surface area contributed by atoms with Gasteiger partial charge in [-0.1, -0.05) is 17.8 Å². The van der Waals surface area contributed by atoms with E-state index >= 15 is 0 Å². The van der Waals surface area contributed by atoms with E-state index in [0.717, 1.165) is 30.0 Å². The highest BCUT2D eigenvalue weighted by atomic mass is 32.2. The predicted octanol–water partition coefficient (Wildman–Crippen LogP) is 3.52. The van der Waals surface area contributed by atoms with Crippen LogP contribution >= 0.6 is 11.8 Å². The number of aromatic nitrogens is 2. The molecule has 2 heterocycles. The monoisotopic (exact) mass is 494 g/mol. The molecule has 4 rings (SSSR count). The first-order valence-corrected chi connectivity index (χ1v) is 10.9. The Hall–Kier alpha value is -3.74. The molecule has 1 aliphatic rings. The van der Waals surface area contributed by atoms with Gasteiger partial charge in [-0.15, -0.1) is 10.2 Å². The van der Waals surface area contributed by atoms with Crippen LogP contribution < -0.4 is 20.1 Å². The van der Waals surface area contributed by atoms with Crippen LogP contribution in [0.5, 0.6) is 11.5 Å². The number of anilines is 1. The number of hydrogen-bond donors (Lipinski definition) is 2. The average molecular weight is 494 g/mol. The van der Waals surface area contributed by atoms with Crippen molar-refractivity contribution in [2.24, 2.45) is 0 Å². The lowest BCUT2D eigenvalue weighted by atomic mass is 10.1. The molecule has 0 saturated heterocycles. The van der Waals surface area contributed by atoms with Crippen LogP contribution in [0.3, 0.4) is 0 Å². The van der Waals surface area contributed by atoms with Gasteiger partial charge in [0.05, 0.1) is 17.9 Å². The number of hydrogen-bond acceptors (Lipinski definition) is 8. The molecule has 2 aromatic carbocycles. The van der Waals surface area contributed by atoms with Gasteiger partial charge in [-0.3, -0.25) is 9.59 Å². The number of rotatable bonds is 7. The highest BCUT2D eigenvalue weighted by Gasteiger charge is 2.30. The summed E-state index contributed by atoms with van der Waals surface area (Å²) in [6, 6.07) is 9.10. The zero-order chi connectivity index (χ0) is 24.1. The van der Waals surface area contributed by atoms with Gasteiger partial charge >= 0.3 is 6.18 Å². The van der Waals surface area contributed by atoms with Gasteiger partial charge in [0.25, 0.3) is 11.1 Å². The van der Waals surface area contributed by atoms with E-state index in [1.54, 1.807) is 18.2 Å². The van der Waals surface area contributed by atoms with Crippen molar-refractivity contribution in [2.75, 3.05) is 24.3 Å². The second-order valence-electron chi connectivity index (χ2n) is 6.92. The van der Waals surface area contributed by atoms with Gasteiger partial charge in [0.15, 0.2) is 11.5 Å². The van der Waals surface area contributed by atoms with Crippen molar-refractivity contribution in [3.63, 3.8) is 0 Å². The van der Waals surface area contributed by atoms with Gasteiger partial charge in [0, 0.05) is 17.3 Å². The van der Waals surface area contributed by atoms with Crippen LogP contribution in [0, 0.1) is 0 Å². The number of nitrogens with zero attached hydrogens (tertiary/aromatic N) is 2.